The largest absolute Gasteiger partial charge is 0.497 e. The highest BCUT2D eigenvalue weighted by atomic mass is 35.5. The van der Waals surface area contributed by atoms with Crippen LogP contribution in [0.4, 0.5) is 4.39 Å². The molecule has 1 unspecified atom stereocenters. The van der Waals surface area contributed by atoms with Crippen molar-refractivity contribution in [2.75, 3.05) is 13.0 Å². The van der Waals surface area contributed by atoms with E-state index in [0.29, 0.717) is 17.3 Å². The molecule has 0 aliphatic carbocycles. The van der Waals surface area contributed by atoms with Crippen molar-refractivity contribution >= 4 is 23.2 Å². The average Bonchev–Trinajstić information content (AvgIpc) is 2.50. The molecule has 0 aliphatic rings. The summed E-state index contributed by atoms with van der Waals surface area (Å²) in [7, 11) is 1.64. The number of alkyl halides is 1. The normalized spacial score (nSPS) is 12.2. The molecule has 1 nitrogen and oxygen atoms in total. The van der Waals surface area contributed by atoms with Crippen molar-refractivity contribution in [2.45, 2.75) is 12.8 Å². The lowest BCUT2D eigenvalue weighted by atomic mass is 9.94. The van der Waals surface area contributed by atoms with Gasteiger partial charge in [0.05, 0.1) is 7.11 Å². The van der Waals surface area contributed by atoms with E-state index >= 15 is 0 Å². The van der Waals surface area contributed by atoms with Gasteiger partial charge in [-0.15, -0.1) is 11.6 Å². The Hall–Kier alpha value is -1.25. The molecule has 4 heteroatoms. The third kappa shape index (κ3) is 4.62. The van der Waals surface area contributed by atoms with Gasteiger partial charge in [-0.05, 0) is 60.2 Å². The van der Waals surface area contributed by atoms with Crippen LogP contribution >= 0.6 is 23.2 Å². The van der Waals surface area contributed by atoms with Gasteiger partial charge in [0.15, 0.2) is 0 Å². The van der Waals surface area contributed by atoms with E-state index < -0.39 is 0 Å². The minimum absolute atomic E-state index is 0.193. The summed E-state index contributed by atoms with van der Waals surface area (Å²) in [6.07, 6.45) is 1.45. The molecule has 2 aromatic rings. The Labute approximate surface area is 134 Å². The highest BCUT2D eigenvalue weighted by Crippen LogP contribution is 2.24. The summed E-state index contributed by atoms with van der Waals surface area (Å²) < 4.78 is 18.5. The number of rotatable bonds is 6. The molecule has 0 heterocycles. The van der Waals surface area contributed by atoms with Crippen LogP contribution in [-0.4, -0.2) is 13.0 Å². The summed E-state index contributed by atoms with van der Waals surface area (Å²) in [6, 6.07) is 12.3. The van der Waals surface area contributed by atoms with E-state index in [2.05, 4.69) is 0 Å². The number of ether oxygens (including phenoxy) is 1. The van der Waals surface area contributed by atoms with Gasteiger partial charge in [-0.3, -0.25) is 0 Å². The van der Waals surface area contributed by atoms with Crippen molar-refractivity contribution in [3.05, 3.63) is 64.4 Å². The topological polar surface area (TPSA) is 9.23 Å². The molecule has 0 saturated carbocycles. The van der Waals surface area contributed by atoms with Crippen molar-refractivity contribution in [2.24, 2.45) is 5.92 Å². The minimum atomic E-state index is -0.274. The van der Waals surface area contributed by atoms with Crippen LogP contribution in [0.3, 0.4) is 0 Å². The van der Waals surface area contributed by atoms with Crippen LogP contribution in [0.15, 0.2) is 42.5 Å². The van der Waals surface area contributed by atoms with E-state index in [1.807, 2.05) is 24.3 Å². The fourth-order valence-corrected chi connectivity index (χ4v) is 2.74. The monoisotopic (exact) mass is 326 g/mol. The maximum absolute atomic E-state index is 13.3. The summed E-state index contributed by atoms with van der Waals surface area (Å²) in [5.74, 6) is 1.23. The maximum Gasteiger partial charge on any atom is 0.123 e. The molecule has 0 bridgehead atoms. The van der Waals surface area contributed by atoms with Crippen LogP contribution in [0.2, 0.25) is 5.02 Å². The summed E-state index contributed by atoms with van der Waals surface area (Å²) in [5.41, 5.74) is 1.94. The first kappa shape index (κ1) is 16.1. The lowest BCUT2D eigenvalue weighted by molar-refractivity contribution is 0.414. The molecule has 1 atom stereocenters. The lowest BCUT2D eigenvalue weighted by Crippen LogP contribution is -2.11. The fourth-order valence-electron chi connectivity index (χ4n) is 2.32. The van der Waals surface area contributed by atoms with Gasteiger partial charge < -0.3 is 4.74 Å². The molecule has 0 amide bonds. The van der Waals surface area contributed by atoms with Crippen LogP contribution in [-0.2, 0) is 12.8 Å². The van der Waals surface area contributed by atoms with E-state index in [0.717, 1.165) is 23.3 Å². The predicted octanol–water partition coefficient (Wildman–Crippen LogP) is 5.13. The van der Waals surface area contributed by atoms with E-state index in [4.69, 9.17) is 27.9 Å². The van der Waals surface area contributed by atoms with Gasteiger partial charge in [-0.1, -0.05) is 23.7 Å². The first-order valence-electron chi connectivity index (χ1n) is 6.75. The summed E-state index contributed by atoms with van der Waals surface area (Å²) in [6.45, 7) is 0. The van der Waals surface area contributed by atoms with E-state index in [1.54, 1.807) is 13.2 Å². The highest BCUT2D eigenvalue weighted by molar-refractivity contribution is 6.31. The van der Waals surface area contributed by atoms with Crippen LogP contribution in [0.5, 0.6) is 5.75 Å². The van der Waals surface area contributed by atoms with Gasteiger partial charge in [-0.2, -0.15) is 0 Å². The van der Waals surface area contributed by atoms with Gasteiger partial charge in [0.2, 0.25) is 0 Å². The number of hydrogen-bond donors (Lipinski definition) is 0. The first-order chi connectivity index (χ1) is 10.1. The highest BCUT2D eigenvalue weighted by Gasteiger charge is 2.13. The molecule has 0 aromatic heterocycles. The zero-order chi connectivity index (χ0) is 15.2. The van der Waals surface area contributed by atoms with Gasteiger partial charge in [0.25, 0.3) is 0 Å². The first-order valence-corrected chi connectivity index (χ1v) is 7.66. The fraction of sp³-hybridized carbons (Fsp3) is 0.294. The molecule has 0 radical (unpaired) electrons. The Morgan fingerprint density at radius 1 is 1.14 bits per heavy atom. The Bertz CT molecular complexity index is 601. The van der Waals surface area contributed by atoms with Crippen LogP contribution in [0, 0.1) is 11.7 Å². The van der Waals surface area contributed by atoms with Crippen molar-refractivity contribution < 1.29 is 9.13 Å². The molecule has 2 aromatic carbocycles. The summed E-state index contributed by atoms with van der Waals surface area (Å²) >= 11 is 12.2. The Morgan fingerprint density at radius 3 is 2.67 bits per heavy atom. The summed E-state index contributed by atoms with van der Waals surface area (Å²) in [5, 5.41) is 0.581. The molecule has 112 valence electrons. The van der Waals surface area contributed by atoms with Gasteiger partial charge in [0, 0.05) is 10.9 Å². The minimum Gasteiger partial charge on any atom is -0.497 e. The number of benzene rings is 2. The SMILES string of the molecule is COc1cccc(CC(CCl)Cc2cc(F)ccc2Cl)c1. The van der Waals surface area contributed by atoms with Crippen LogP contribution < -0.4 is 4.74 Å². The molecular weight excluding hydrogens is 310 g/mol. The van der Waals surface area contributed by atoms with E-state index in [9.17, 15) is 4.39 Å². The Morgan fingerprint density at radius 2 is 1.95 bits per heavy atom. The number of methoxy groups -OCH3 is 1. The molecule has 0 aliphatic heterocycles. The number of halogens is 3. The molecule has 2 rings (SSSR count). The lowest BCUT2D eigenvalue weighted by Gasteiger charge is -2.15. The second kappa shape index (κ2) is 7.67. The smallest absolute Gasteiger partial charge is 0.123 e. The third-order valence-electron chi connectivity index (χ3n) is 3.39. The quantitative estimate of drug-likeness (QED) is 0.669. The van der Waals surface area contributed by atoms with E-state index in [1.165, 1.54) is 12.1 Å². The van der Waals surface area contributed by atoms with Gasteiger partial charge in [-0.25, -0.2) is 4.39 Å². The maximum atomic E-state index is 13.3. The average molecular weight is 327 g/mol. The molecule has 0 spiro atoms. The molecular formula is C17H17Cl2FO. The molecule has 21 heavy (non-hydrogen) atoms. The van der Waals surface area contributed by atoms with Gasteiger partial charge in [0.1, 0.15) is 11.6 Å². The second-order valence-corrected chi connectivity index (χ2v) is 5.73. The van der Waals surface area contributed by atoms with Crippen molar-refractivity contribution in [3.63, 3.8) is 0 Å². The molecule has 0 fully saturated rings. The summed E-state index contributed by atoms with van der Waals surface area (Å²) in [4.78, 5) is 0. The zero-order valence-corrected chi connectivity index (χ0v) is 13.3. The number of hydrogen-bond acceptors (Lipinski definition) is 1. The van der Waals surface area contributed by atoms with E-state index in [-0.39, 0.29) is 11.7 Å². The second-order valence-electron chi connectivity index (χ2n) is 5.02. The van der Waals surface area contributed by atoms with Crippen molar-refractivity contribution in [1.29, 1.82) is 0 Å². The third-order valence-corrected chi connectivity index (χ3v) is 4.20. The standard InChI is InChI=1S/C17H17Cl2FO/c1-21-16-4-2-3-12(9-16)7-13(11-18)8-14-10-15(20)5-6-17(14)19/h2-6,9-10,13H,7-8,11H2,1H3. The van der Waals surface area contributed by atoms with Crippen molar-refractivity contribution in [3.8, 4) is 5.75 Å². The van der Waals surface area contributed by atoms with Gasteiger partial charge >= 0.3 is 0 Å². The van der Waals surface area contributed by atoms with Crippen LogP contribution in [0.1, 0.15) is 11.1 Å². The Kier molecular flexibility index (Phi) is 5.89. The molecule has 0 saturated heterocycles. The Balaban J connectivity index is 2.10. The zero-order valence-electron chi connectivity index (χ0n) is 11.8. The van der Waals surface area contributed by atoms with Crippen LogP contribution in [0.25, 0.3) is 0 Å². The van der Waals surface area contributed by atoms with Crippen molar-refractivity contribution in [1.82, 2.24) is 0 Å². The molecule has 0 N–H and O–H groups in total. The predicted molar refractivity (Wildman–Crippen MR) is 86.0 cm³/mol.